The summed E-state index contributed by atoms with van der Waals surface area (Å²) in [6.07, 6.45) is 3.12. The maximum Gasteiger partial charge on any atom is 0.306 e. The molecule has 0 aliphatic heterocycles. The van der Waals surface area contributed by atoms with E-state index in [2.05, 4.69) is 9.71 Å². The quantitative estimate of drug-likeness (QED) is 0.846. The largest absolute Gasteiger partial charge is 0.481 e. The van der Waals surface area contributed by atoms with Crippen LogP contribution in [0.5, 0.6) is 0 Å². The van der Waals surface area contributed by atoms with E-state index in [0.29, 0.717) is 12.8 Å². The van der Waals surface area contributed by atoms with Crippen LogP contribution in [0.25, 0.3) is 0 Å². The van der Waals surface area contributed by atoms with Crippen molar-refractivity contribution in [3.63, 3.8) is 0 Å². The third-order valence-electron chi connectivity index (χ3n) is 3.49. The topological polar surface area (TPSA) is 96.4 Å². The summed E-state index contributed by atoms with van der Waals surface area (Å²) < 4.78 is 39.5. The van der Waals surface area contributed by atoms with Gasteiger partial charge < -0.3 is 5.11 Å². The molecule has 20 heavy (non-hydrogen) atoms. The molecule has 0 radical (unpaired) electrons. The Morgan fingerprint density at radius 2 is 2.25 bits per heavy atom. The molecule has 1 aromatic heterocycles. The van der Waals surface area contributed by atoms with Gasteiger partial charge in [-0.2, -0.15) is 0 Å². The Kier molecular flexibility index (Phi) is 4.34. The minimum atomic E-state index is -4.06. The average molecular weight is 302 g/mol. The molecule has 2 atom stereocenters. The Balaban J connectivity index is 2.07. The maximum absolute atomic E-state index is 13.4. The zero-order valence-corrected chi connectivity index (χ0v) is 11.4. The SMILES string of the molecule is O=C(O)C1CCCC1CNS(=O)(=O)c1ncccc1F. The summed E-state index contributed by atoms with van der Waals surface area (Å²) in [5.41, 5.74) is 0. The van der Waals surface area contributed by atoms with Crippen molar-refractivity contribution in [3.05, 3.63) is 24.1 Å². The molecular formula is C12H15FN2O4S. The van der Waals surface area contributed by atoms with Gasteiger partial charge in [-0.15, -0.1) is 0 Å². The van der Waals surface area contributed by atoms with Gasteiger partial charge in [-0.1, -0.05) is 6.42 Å². The summed E-state index contributed by atoms with van der Waals surface area (Å²) in [6, 6.07) is 2.31. The highest BCUT2D eigenvalue weighted by Crippen LogP contribution is 2.31. The van der Waals surface area contributed by atoms with E-state index in [1.807, 2.05) is 0 Å². The lowest BCUT2D eigenvalue weighted by Gasteiger charge is -2.16. The number of aliphatic carboxylic acids is 1. The van der Waals surface area contributed by atoms with Crippen LogP contribution in [0.1, 0.15) is 19.3 Å². The Hall–Kier alpha value is -1.54. The van der Waals surface area contributed by atoms with Crippen LogP contribution in [0.2, 0.25) is 0 Å². The molecule has 8 heteroatoms. The molecule has 6 nitrogen and oxygen atoms in total. The first-order valence-corrected chi connectivity index (χ1v) is 7.73. The van der Waals surface area contributed by atoms with Gasteiger partial charge in [0.05, 0.1) is 5.92 Å². The predicted octanol–water partition coefficient (Wildman–Crippen LogP) is 1.000. The number of nitrogens with zero attached hydrogens (tertiary/aromatic N) is 1. The van der Waals surface area contributed by atoms with E-state index < -0.39 is 32.8 Å². The van der Waals surface area contributed by atoms with E-state index in [4.69, 9.17) is 5.11 Å². The lowest BCUT2D eigenvalue weighted by molar-refractivity contribution is -0.142. The average Bonchev–Trinajstić information content (AvgIpc) is 2.85. The van der Waals surface area contributed by atoms with E-state index in [-0.39, 0.29) is 12.5 Å². The fraction of sp³-hybridized carbons (Fsp3) is 0.500. The molecule has 110 valence electrons. The zero-order chi connectivity index (χ0) is 14.8. The van der Waals surface area contributed by atoms with E-state index in [9.17, 15) is 17.6 Å². The monoisotopic (exact) mass is 302 g/mol. The third kappa shape index (κ3) is 3.13. The smallest absolute Gasteiger partial charge is 0.306 e. The summed E-state index contributed by atoms with van der Waals surface area (Å²) >= 11 is 0. The lowest BCUT2D eigenvalue weighted by atomic mass is 9.97. The molecule has 1 aliphatic carbocycles. The minimum absolute atomic E-state index is 0.0185. The molecule has 2 unspecified atom stereocenters. The number of aromatic nitrogens is 1. The van der Waals surface area contributed by atoms with E-state index in [1.54, 1.807) is 0 Å². The molecule has 0 bridgehead atoms. The van der Waals surface area contributed by atoms with Gasteiger partial charge in [0.15, 0.2) is 5.82 Å². The van der Waals surface area contributed by atoms with Gasteiger partial charge in [-0.05, 0) is 30.9 Å². The van der Waals surface area contributed by atoms with E-state index in [1.165, 1.54) is 12.3 Å². The molecule has 0 saturated heterocycles. The number of nitrogens with one attached hydrogen (secondary N) is 1. The van der Waals surface area contributed by atoms with Crippen molar-refractivity contribution in [1.29, 1.82) is 0 Å². The number of hydrogen-bond acceptors (Lipinski definition) is 4. The van der Waals surface area contributed by atoms with Crippen LogP contribution in [0.3, 0.4) is 0 Å². The van der Waals surface area contributed by atoms with Crippen LogP contribution in [-0.2, 0) is 14.8 Å². The van der Waals surface area contributed by atoms with Crippen molar-refractivity contribution >= 4 is 16.0 Å². The number of carbonyl (C=O) groups is 1. The number of sulfonamides is 1. The van der Waals surface area contributed by atoms with Crippen LogP contribution in [-0.4, -0.2) is 31.0 Å². The third-order valence-corrected chi connectivity index (χ3v) is 4.85. The fourth-order valence-electron chi connectivity index (χ4n) is 2.46. The Labute approximate surface area is 116 Å². The first-order valence-electron chi connectivity index (χ1n) is 6.25. The number of hydrogen-bond donors (Lipinski definition) is 2. The van der Waals surface area contributed by atoms with Crippen LogP contribution in [0.15, 0.2) is 23.4 Å². The zero-order valence-electron chi connectivity index (χ0n) is 10.6. The summed E-state index contributed by atoms with van der Waals surface area (Å²) in [5.74, 6) is -2.67. The first-order chi connectivity index (χ1) is 9.42. The normalized spacial score (nSPS) is 22.9. The molecule has 1 saturated carbocycles. The number of pyridine rings is 1. The molecule has 1 fully saturated rings. The fourth-order valence-corrected chi connectivity index (χ4v) is 3.55. The maximum atomic E-state index is 13.4. The Morgan fingerprint density at radius 1 is 1.50 bits per heavy atom. The second kappa shape index (κ2) is 5.84. The number of carboxylic acids is 1. The van der Waals surface area contributed by atoms with Gasteiger partial charge in [0.1, 0.15) is 0 Å². The van der Waals surface area contributed by atoms with Crippen LogP contribution in [0.4, 0.5) is 4.39 Å². The van der Waals surface area contributed by atoms with Gasteiger partial charge in [-0.25, -0.2) is 22.5 Å². The predicted molar refractivity (Wildman–Crippen MR) is 67.9 cm³/mol. The van der Waals surface area contributed by atoms with E-state index >= 15 is 0 Å². The molecule has 2 rings (SSSR count). The van der Waals surface area contributed by atoms with Crippen molar-refractivity contribution in [2.24, 2.45) is 11.8 Å². The Morgan fingerprint density at radius 3 is 2.90 bits per heavy atom. The van der Waals surface area contributed by atoms with Crippen LogP contribution < -0.4 is 4.72 Å². The van der Waals surface area contributed by atoms with Crippen molar-refractivity contribution < 1.29 is 22.7 Å². The summed E-state index contributed by atoms with van der Waals surface area (Å²) in [7, 11) is -4.06. The van der Waals surface area contributed by atoms with Gasteiger partial charge in [-0.3, -0.25) is 4.79 Å². The highest BCUT2D eigenvalue weighted by molar-refractivity contribution is 7.89. The highest BCUT2D eigenvalue weighted by atomic mass is 32.2. The standard InChI is InChI=1S/C12H15FN2O4S/c13-10-5-2-6-14-11(10)20(18,19)15-7-8-3-1-4-9(8)12(16)17/h2,5-6,8-9,15H,1,3-4,7H2,(H,16,17). The summed E-state index contributed by atoms with van der Waals surface area (Å²) in [5, 5.41) is 8.36. The second-order valence-electron chi connectivity index (χ2n) is 4.78. The minimum Gasteiger partial charge on any atom is -0.481 e. The Bertz CT molecular complexity index is 605. The molecular weight excluding hydrogens is 287 g/mol. The van der Waals surface area contributed by atoms with Crippen LogP contribution >= 0.6 is 0 Å². The molecule has 0 amide bonds. The van der Waals surface area contributed by atoms with Crippen molar-refractivity contribution in [2.75, 3.05) is 6.54 Å². The van der Waals surface area contributed by atoms with Gasteiger partial charge >= 0.3 is 5.97 Å². The van der Waals surface area contributed by atoms with Gasteiger partial charge in [0.25, 0.3) is 10.0 Å². The molecule has 2 N–H and O–H groups in total. The molecule has 1 aromatic rings. The summed E-state index contributed by atoms with van der Waals surface area (Å²) in [4.78, 5) is 14.5. The van der Waals surface area contributed by atoms with Gasteiger partial charge in [0, 0.05) is 12.7 Å². The number of carboxylic acid groups (broad SMARTS) is 1. The lowest BCUT2D eigenvalue weighted by Crippen LogP contribution is -2.33. The number of rotatable bonds is 5. The van der Waals surface area contributed by atoms with Crippen molar-refractivity contribution in [1.82, 2.24) is 9.71 Å². The van der Waals surface area contributed by atoms with Crippen molar-refractivity contribution in [3.8, 4) is 0 Å². The first kappa shape index (κ1) is 14.9. The van der Waals surface area contributed by atoms with E-state index in [0.717, 1.165) is 12.5 Å². The molecule has 1 heterocycles. The molecule has 1 aliphatic rings. The number of halogens is 1. The molecule has 0 aromatic carbocycles. The van der Waals surface area contributed by atoms with Crippen LogP contribution in [0, 0.1) is 17.7 Å². The summed E-state index contributed by atoms with van der Waals surface area (Å²) in [6.45, 7) is -0.0185. The van der Waals surface area contributed by atoms with Crippen molar-refractivity contribution in [2.45, 2.75) is 24.3 Å². The second-order valence-corrected chi connectivity index (χ2v) is 6.46. The van der Waals surface area contributed by atoms with Gasteiger partial charge in [0.2, 0.25) is 5.03 Å². The molecule has 0 spiro atoms. The highest BCUT2D eigenvalue weighted by Gasteiger charge is 2.34.